The minimum atomic E-state index is -0.560. The van der Waals surface area contributed by atoms with Crippen molar-refractivity contribution in [3.05, 3.63) is 58.3 Å². The second-order valence-corrected chi connectivity index (χ2v) is 5.59. The van der Waals surface area contributed by atoms with Crippen LogP contribution in [0.1, 0.15) is 4.88 Å². The number of rotatable bonds is 3. The molecule has 0 aromatic carbocycles. The van der Waals surface area contributed by atoms with Gasteiger partial charge in [-0.3, -0.25) is 4.79 Å². The predicted molar refractivity (Wildman–Crippen MR) is 75.9 cm³/mol. The number of amides is 1. The molecule has 0 fully saturated rings. The number of nitrogens with one attached hydrogen (secondary N) is 1. The maximum atomic E-state index is 12.1. The molecule has 0 saturated carbocycles. The summed E-state index contributed by atoms with van der Waals surface area (Å²) < 4.78 is 5.26. The Kier molecular flexibility index (Phi) is 3.52. The van der Waals surface area contributed by atoms with Gasteiger partial charge in [-0.05, 0) is 17.5 Å². The lowest BCUT2D eigenvalue weighted by Gasteiger charge is -2.27. The molecule has 1 N–H and O–H groups in total. The fourth-order valence-corrected chi connectivity index (χ4v) is 2.81. The van der Waals surface area contributed by atoms with Crippen LogP contribution >= 0.6 is 11.3 Å². The molecule has 4 nitrogen and oxygen atoms in total. The number of esters is 1. The van der Waals surface area contributed by atoms with Gasteiger partial charge in [0.15, 0.2) is 0 Å². The van der Waals surface area contributed by atoms with Crippen molar-refractivity contribution in [2.75, 3.05) is 0 Å². The first-order valence-corrected chi connectivity index (χ1v) is 7.20. The quantitative estimate of drug-likeness (QED) is 0.683. The highest BCUT2D eigenvalue weighted by molar-refractivity contribution is 7.09. The van der Waals surface area contributed by atoms with E-state index in [4.69, 9.17) is 4.74 Å². The molecule has 20 heavy (non-hydrogen) atoms. The summed E-state index contributed by atoms with van der Waals surface area (Å²) in [6.07, 6.45) is 8.85. The molecule has 0 spiro atoms. The Bertz CT molecular complexity index is 613. The Labute approximate surface area is 120 Å². The van der Waals surface area contributed by atoms with E-state index in [0.29, 0.717) is 6.54 Å². The van der Waals surface area contributed by atoms with Crippen LogP contribution in [-0.2, 0) is 20.9 Å². The normalized spacial score (nSPS) is 23.8. The van der Waals surface area contributed by atoms with Gasteiger partial charge >= 0.3 is 5.97 Å². The van der Waals surface area contributed by atoms with Crippen LogP contribution in [-0.4, -0.2) is 18.0 Å². The Morgan fingerprint density at radius 2 is 2.20 bits per heavy atom. The summed E-state index contributed by atoms with van der Waals surface area (Å²) in [5.74, 6) is -1.00. The third-order valence-electron chi connectivity index (χ3n) is 3.19. The van der Waals surface area contributed by atoms with Crippen molar-refractivity contribution in [1.29, 1.82) is 0 Å². The maximum absolute atomic E-state index is 12.1. The molecule has 0 radical (unpaired) electrons. The average molecular weight is 287 g/mol. The summed E-state index contributed by atoms with van der Waals surface area (Å²) in [5.41, 5.74) is 0.0859. The molecule has 2 heterocycles. The Hall–Kier alpha value is -2.14. The molecule has 5 heteroatoms. The summed E-state index contributed by atoms with van der Waals surface area (Å²) in [7, 11) is 0. The molecule has 2 unspecified atom stereocenters. The molecular weight excluding hydrogens is 274 g/mol. The van der Waals surface area contributed by atoms with E-state index in [1.54, 1.807) is 17.4 Å². The van der Waals surface area contributed by atoms with Gasteiger partial charge in [0.05, 0.1) is 6.54 Å². The molecule has 2 atom stereocenters. The predicted octanol–water partition coefficient (Wildman–Crippen LogP) is 1.96. The smallest absolute Gasteiger partial charge is 0.344 e. The fourth-order valence-electron chi connectivity index (χ4n) is 2.16. The molecule has 2 aliphatic rings. The van der Waals surface area contributed by atoms with Crippen molar-refractivity contribution < 1.29 is 14.3 Å². The maximum Gasteiger partial charge on any atom is 0.344 e. The van der Waals surface area contributed by atoms with E-state index >= 15 is 0 Å². The summed E-state index contributed by atoms with van der Waals surface area (Å²) in [5, 5.41) is 4.68. The van der Waals surface area contributed by atoms with Crippen LogP contribution in [0.25, 0.3) is 0 Å². The number of hydrogen-bond donors (Lipinski definition) is 1. The first-order chi connectivity index (χ1) is 9.74. The molecule has 1 amide bonds. The number of thiophene rings is 1. The third kappa shape index (κ3) is 2.58. The summed E-state index contributed by atoms with van der Waals surface area (Å²) in [6, 6.07) is 3.85. The highest BCUT2D eigenvalue weighted by Gasteiger charge is 2.32. The summed E-state index contributed by atoms with van der Waals surface area (Å²) in [6.45, 7) is 0.422. The molecular formula is C15H13NO3S. The van der Waals surface area contributed by atoms with Gasteiger partial charge < -0.3 is 10.1 Å². The van der Waals surface area contributed by atoms with Crippen LogP contribution in [0, 0.1) is 5.92 Å². The van der Waals surface area contributed by atoms with Crippen LogP contribution in [0.2, 0.25) is 0 Å². The van der Waals surface area contributed by atoms with Crippen molar-refractivity contribution >= 4 is 23.2 Å². The van der Waals surface area contributed by atoms with Gasteiger partial charge in [-0.15, -0.1) is 11.3 Å². The first kappa shape index (κ1) is 12.9. The number of allylic oxidation sites excluding steroid dienone is 2. The van der Waals surface area contributed by atoms with Gasteiger partial charge in [0, 0.05) is 10.8 Å². The standard InChI is InChI=1S/C15H13NO3S/c17-14(16-9-11-5-3-7-20-11)12-8-10-4-1-2-6-13(10)19-15(12)18/h1-8,10,13H,9H2,(H,16,17). The Balaban J connectivity index is 1.70. The monoisotopic (exact) mass is 287 g/mol. The zero-order valence-electron chi connectivity index (χ0n) is 10.6. The van der Waals surface area contributed by atoms with Gasteiger partial charge in [0.2, 0.25) is 0 Å². The largest absolute Gasteiger partial charge is 0.453 e. The lowest BCUT2D eigenvalue weighted by atomic mass is 9.92. The zero-order valence-corrected chi connectivity index (χ0v) is 11.4. The molecule has 1 aliphatic carbocycles. The second-order valence-electron chi connectivity index (χ2n) is 4.56. The molecule has 102 valence electrons. The molecule has 1 aromatic rings. The number of carbonyl (C=O) groups is 2. The minimum absolute atomic E-state index is 0.0554. The zero-order chi connectivity index (χ0) is 13.9. The van der Waals surface area contributed by atoms with Crippen LogP contribution in [0.3, 0.4) is 0 Å². The van der Waals surface area contributed by atoms with Crippen molar-refractivity contribution in [1.82, 2.24) is 5.32 Å². The van der Waals surface area contributed by atoms with E-state index in [2.05, 4.69) is 5.32 Å². The van der Waals surface area contributed by atoms with Crippen LogP contribution in [0.5, 0.6) is 0 Å². The molecule has 1 aromatic heterocycles. The van der Waals surface area contributed by atoms with Crippen molar-refractivity contribution in [3.63, 3.8) is 0 Å². The number of fused-ring (bicyclic) bond motifs is 1. The highest BCUT2D eigenvalue weighted by atomic mass is 32.1. The van der Waals surface area contributed by atoms with Gasteiger partial charge in [0.25, 0.3) is 5.91 Å². The topological polar surface area (TPSA) is 55.4 Å². The van der Waals surface area contributed by atoms with E-state index in [1.807, 2.05) is 41.8 Å². The van der Waals surface area contributed by atoms with E-state index in [9.17, 15) is 9.59 Å². The molecule has 1 aliphatic heterocycles. The van der Waals surface area contributed by atoms with Gasteiger partial charge in [-0.1, -0.05) is 30.4 Å². The molecule has 0 bridgehead atoms. The second kappa shape index (κ2) is 5.46. The number of carbonyl (C=O) groups excluding carboxylic acids is 2. The van der Waals surface area contributed by atoms with Crippen LogP contribution in [0.15, 0.2) is 53.5 Å². The first-order valence-electron chi connectivity index (χ1n) is 6.32. The van der Waals surface area contributed by atoms with E-state index < -0.39 is 5.97 Å². The highest BCUT2D eigenvalue weighted by Crippen LogP contribution is 2.25. The number of hydrogen-bond acceptors (Lipinski definition) is 4. The van der Waals surface area contributed by atoms with E-state index in [-0.39, 0.29) is 23.5 Å². The fraction of sp³-hybridized carbons (Fsp3) is 0.200. The molecule has 0 saturated heterocycles. The SMILES string of the molecule is O=C(NCc1cccs1)C1=CC2C=CC=CC2OC1=O. The Morgan fingerprint density at radius 3 is 3.00 bits per heavy atom. The lowest BCUT2D eigenvalue weighted by Crippen LogP contribution is -2.36. The van der Waals surface area contributed by atoms with Gasteiger partial charge in [-0.2, -0.15) is 0 Å². The van der Waals surface area contributed by atoms with Crippen LogP contribution in [0.4, 0.5) is 0 Å². The average Bonchev–Trinajstić information content (AvgIpc) is 2.97. The molecule has 3 rings (SSSR count). The Morgan fingerprint density at radius 1 is 1.35 bits per heavy atom. The van der Waals surface area contributed by atoms with Crippen LogP contribution < -0.4 is 5.32 Å². The third-order valence-corrected chi connectivity index (χ3v) is 4.07. The van der Waals surface area contributed by atoms with Crippen molar-refractivity contribution in [3.8, 4) is 0 Å². The van der Waals surface area contributed by atoms with Gasteiger partial charge in [0.1, 0.15) is 11.7 Å². The minimum Gasteiger partial charge on any atom is -0.453 e. The van der Waals surface area contributed by atoms with Gasteiger partial charge in [-0.25, -0.2) is 4.79 Å². The number of ether oxygens (including phenoxy) is 1. The van der Waals surface area contributed by atoms with Crippen molar-refractivity contribution in [2.45, 2.75) is 12.6 Å². The summed E-state index contributed by atoms with van der Waals surface area (Å²) >= 11 is 1.56. The van der Waals surface area contributed by atoms with E-state index in [0.717, 1.165) is 4.88 Å². The summed E-state index contributed by atoms with van der Waals surface area (Å²) in [4.78, 5) is 24.9. The van der Waals surface area contributed by atoms with Crippen molar-refractivity contribution in [2.24, 2.45) is 5.92 Å². The van der Waals surface area contributed by atoms with E-state index in [1.165, 1.54) is 0 Å². The lowest BCUT2D eigenvalue weighted by molar-refractivity contribution is -0.146.